The van der Waals surface area contributed by atoms with Crippen LogP contribution in [0.2, 0.25) is 0 Å². The van der Waals surface area contributed by atoms with Crippen LogP contribution in [0.3, 0.4) is 0 Å². The first-order valence-electron chi connectivity index (χ1n) is 6.98. The lowest BCUT2D eigenvalue weighted by Crippen LogP contribution is -2.31. The summed E-state index contributed by atoms with van der Waals surface area (Å²) in [4.78, 5) is 12.8. The van der Waals surface area contributed by atoms with Crippen molar-refractivity contribution in [3.8, 4) is 11.8 Å². The number of benzene rings is 1. The number of pyridine rings is 1. The molecule has 23 heavy (non-hydrogen) atoms. The molecule has 5 nitrogen and oxygen atoms in total. The van der Waals surface area contributed by atoms with Crippen LogP contribution >= 0.6 is 15.9 Å². The van der Waals surface area contributed by atoms with E-state index in [-0.39, 0.29) is 17.0 Å². The molecular weight excluding hydrogens is 358 g/mol. The maximum absolute atomic E-state index is 12.8. The van der Waals surface area contributed by atoms with Crippen LogP contribution < -0.4 is 16.0 Å². The van der Waals surface area contributed by atoms with E-state index in [1.54, 1.807) is 17.7 Å². The molecule has 0 spiro atoms. The van der Waals surface area contributed by atoms with E-state index in [0.29, 0.717) is 11.3 Å². The van der Waals surface area contributed by atoms with Crippen molar-refractivity contribution in [1.29, 1.82) is 5.26 Å². The van der Waals surface area contributed by atoms with E-state index in [0.717, 1.165) is 15.7 Å². The molecule has 0 saturated heterocycles. The van der Waals surface area contributed by atoms with Gasteiger partial charge in [0.15, 0.2) is 0 Å². The Hall–Kier alpha value is -2.52. The third-order valence-electron chi connectivity index (χ3n) is 4.07. The summed E-state index contributed by atoms with van der Waals surface area (Å²) in [6, 6.07) is 11.3. The number of hydrogen-bond acceptors (Lipinski definition) is 4. The number of nitrogens with two attached hydrogens (primary N) is 1. The van der Waals surface area contributed by atoms with E-state index in [9.17, 15) is 10.1 Å². The molecule has 0 aliphatic carbocycles. The second-order valence-electron chi connectivity index (χ2n) is 5.37. The van der Waals surface area contributed by atoms with Crippen molar-refractivity contribution in [2.45, 2.75) is 12.8 Å². The summed E-state index contributed by atoms with van der Waals surface area (Å²) in [7, 11) is 1.70. The number of rotatable bonds is 1. The molecule has 1 aromatic carbocycles. The van der Waals surface area contributed by atoms with Gasteiger partial charge in [-0.1, -0.05) is 34.1 Å². The number of nitrogens with zero attached hydrogens (tertiary/aromatic N) is 2. The second-order valence-corrected chi connectivity index (χ2v) is 6.23. The van der Waals surface area contributed by atoms with Crippen LogP contribution in [0.4, 0.5) is 0 Å². The summed E-state index contributed by atoms with van der Waals surface area (Å²) in [6.07, 6.45) is 0. The van der Waals surface area contributed by atoms with Crippen LogP contribution in [0.5, 0.6) is 5.75 Å². The minimum absolute atomic E-state index is 0.0356. The van der Waals surface area contributed by atoms with Gasteiger partial charge in [0, 0.05) is 23.3 Å². The predicted octanol–water partition coefficient (Wildman–Crippen LogP) is 2.67. The molecular formula is C17H14BrN3O2. The molecule has 1 unspecified atom stereocenters. The summed E-state index contributed by atoms with van der Waals surface area (Å²) in [6.45, 7) is 1.82. The smallest absolute Gasteiger partial charge is 0.258 e. The third kappa shape index (κ3) is 2.34. The van der Waals surface area contributed by atoms with Crippen molar-refractivity contribution in [3.05, 3.63) is 73.4 Å². The van der Waals surface area contributed by atoms with Crippen molar-refractivity contribution in [3.63, 3.8) is 0 Å². The summed E-state index contributed by atoms with van der Waals surface area (Å²) in [5.41, 5.74) is 7.97. The maximum Gasteiger partial charge on any atom is 0.258 e. The summed E-state index contributed by atoms with van der Waals surface area (Å²) in [5, 5.41) is 9.53. The van der Waals surface area contributed by atoms with Gasteiger partial charge < -0.3 is 15.0 Å². The molecule has 0 fully saturated rings. The normalized spacial score (nSPS) is 16.5. The van der Waals surface area contributed by atoms with Gasteiger partial charge in [-0.25, -0.2) is 0 Å². The lowest BCUT2D eigenvalue weighted by molar-refractivity contribution is 0.389. The molecule has 2 N–H and O–H groups in total. The fourth-order valence-corrected chi connectivity index (χ4v) is 3.27. The Morgan fingerprint density at radius 3 is 2.74 bits per heavy atom. The Morgan fingerprint density at radius 1 is 1.39 bits per heavy atom. The highest BCUT2D eigenvalue weighted by molar-refractivity contribution is 9.10. The molecule has 1 aliphatic rings. The summed E-state index contributed by atoms with van der Waals surface area (Å²) >= 11 is 3.50. The zero-order valence-corrected chi connectivity index (χ0v) is 14.2. The molecule has 0 bridgehead atoms. The molecule has 0 amide bonds. The van der Waals surface area contributed by atoms with Gasteiger partial charge in [-0.15, -0.1) is 0 Å². The average molecular weight is 372 g/mol. The first kappa shape index (κ1) is 15.4. The standard InChI is InChI=1S/C17H14BrN3O2/c1-9-7-13-15(17(22)21(9)2)14(11(8-19)16(20)23-13)10-5-3-4-6-12(10)18/h3-7,14H,20H2,1-2H3. The zero-order chi connectivity index (χ0) is 16.7. The van der Waals surface area contributed by atoms with Gasteiger partial charge in [0.05, 0.1) is 11.5 Å². The van der Waals surface area contributed by atoms with Gasteiger partial charge in [-0.05, 0) is 18.6 Å². The van der Waals surface area contributed by atoms with E-state index >= 15 is 0 Å². The van der Waals surface area contributed by atoms with Gasteiger partial charge in [-0.3, -0.25) is 4.79 Å². The Labute approximate surface area is 141 Å². The molecule has 1 aliphatic heterocycles. The number of nitriles is 1. The largest absolute Gasteiger partial charge is 0.440 e. The minimum Gasteiger partial charge on any atom is -0.440 e. The third-order valence-corrected chi connectivity index (χ3v) is 4.79. The van der Waals surface area contributed by atoms with E-state index in [1.165, 1.54) is 0 Å². The zero-order valence-electron chi connectivity index (χ0n) is 12.6. The van der Waals surface area contributed by atoms with Crippen molar-refractivity contribution in [2.24, 2.45) is 12.8 Å². The van der Waals surface area contributed by atoms with E-state index in [4.69, 9.17) is 10.5 Å². The molecule has 2 heterocycles. The van der Waals surface area contributed by atoms with Gasteiger partial charge in [0.2, 0.25) is 5.88 Å². The lowest BCUT2D eigenvalue weighted by atomic mass is 9.84. The SMILES string of the molecule is Cc1cc2c(c(=O)n1C)C(c1ccccc1Br)C(C#N)=C(N)O2. The number of hydrogen-bond donors (Lipinski definition) is 1. The van der Waals surface area contributed by atoms with Crippen LogP contribution in [0.15, 0.2) is 51.1 Å². The summed E-state index contributed by atoms with van der Waals surface area (Å²) < 4.78 is 7.90. The van der Waals surface area contributed by atoms with Gasteiger partial charge in [0.1, 0.15) is 17.4 Å². The van der Waals surface area contributed by atoms with Gasteiger partial charge in [0.25, 0.3) is 5.56 Å². The van der Waals surface area contributed by atoms with Crippen molar-refractivity contribution in [2.75, 3.05) is 0 Å². The average Bonchev–Trinajstić information content (AvgIpc) is 2.52. The highest BCUT2D eigenvalue weighted by atomic mass is 79.9. The van der Waals surface area contributed by atoms with Crippen LogP contribution in [0.25, 0.3) is 0 Å². The molecule has 3 rings (SSSR count). The van der Waals surface area contributed by atoms with Crippen molar-refractivity contribution < 1.29 is 4.74 Å². The first-order chi connectivity index (χ1) is 11.0. The Balaban J connectivity index is 2.39. The van der Waals surface area contributed by atoms with Crippen LogP contribution in [-0.4, -0.2) is 4.57 Å². The first-order valence-corrected chi connectivity index (χ1v) is 7.77. The predicted molar refractivity (Wildman–Crippen MR) is 89.9 cm³/mol. The fourth-order valence-electron chi connectivity index (χ4n) is 2.76. The molecule has 0 radical (unpaired) electrons. The van der Waals surface area contributed by atoms with Gasteiger partial charge >= 0.3 is 0 Å². The Morgan fingerprint density at radius 2 is 2.09 bits per heavy atom. The van der Waals surface area contributed by atoms with Gasteiger partial charge in [-0.2, -0.15) is 5.26 Å². The Kier molecular flexibility index (Phi) is 3.74. The maximum atomic E-state index is 12.8. The molecule has 2 aromatic rings. The minimum atomic E-state index is -0.557. The van der Waals surface area contributed by atoms with E-state index in [1.807, 2.05) is 31.2 Å². The lowest BCUT2D eigenvalue weighted by Gasteiger charge is -2.27. The van der Waals surface area contributed by atoms with Crippen molar-refractivity contribution >= 4 is 15.9 Å². The van der Waals surface area contributed by atoms with E-state index in [2.05, 4.69) is 22.0 Å². The molecule has 1 atom stereocenters. The molecule has 6 heteroatoms. The number of aromatic nitrogens is 1. The fraction of sp³-hybridized carbons (Fsp3) is 0.176. The van der Waals surface area contributed by atoms with Crippen LogP contribution in [-0.2, 0) is 7.05 Å². The summed E-state index contributed by atoms with van der Waals surface area (Å²) in [5.74, 6) is -0.116. The number of allylic oxidation sites excluding steroid dienone is 1. The highest BCUT2D eigenvalue weighted by Crippen LogP contribution is 2.42. The highest BCUT2D eigenvalue weighted by Gasteiger charge is 2.34. The monoisotopic (exact) mass is 371 g/mol. The number of aryl methyl sites for hydroxylation is 1. The number of fused-ring (bicyclic) bond motifs is 1. The Bertz CT molecular complexity index is 938. The number of halogens is 1. The quantitative estimate of drug-likeness (QED) is 0.835. The second kappa shape index (κ2) is 5.60. The van der Waals surface area contributed by atoms with Crippen LogP contribution in [0.1, 0.15) is 22.7 Å². The molecule has 116 valence electrons. The molecule has 0 saturated carbocycles. The van der Waals surface area contributed by atoms with Crippen LogP contribution in [0, 0.1) is 18.3 Å². The molecule has 1 aromatic heterocycles. The number of ether oxygens (including phenoxy) is 1. The topological polar surface area (TPSA) is 81.0 Å². The van der Waals surface area contributed by atoms with Crippen molar-refractivity contribution in [1.82, 2.24) is 4.57 Å². The van der Waals surface area contributed by atoms with E-state index < -0.39 is 5.92 Å².